The minimum absolute atomic E-state index is 0.0488. The van der Waals surface area contributed by atoms with Crippen LogP contribution in [-0.2, 0) is 4.79 Å². The predicted molar refractivity (Wildman–Crippen MR) is 102 cm³/mol. The van der Waals surface area contributed by atoms with E-state index in [-0.39, 0.29) is 17.3 Å². The lowest BCUT2D eigenvalue weighted by Gasteiger charge is -2.04. The second-order valence-corrected chi connectivity index (χ2v) is 7.61. The maximum Gasteiger partial charge on any atom is 0.233 e. The molecule has 5 heteroatoms. The molecular weight excluding hydrogens is 331 g/mol. The zero-order valence-electron chi connectivity index (χ0n) is 14.6. The first-order valence-electron chi connectivity index (χ1n) is 9.41. The standard InChI is InChI=1S/C18H36Cl2N2O/c19-17(20)14-12-10-8-6-4-2-1-3-5-7-9-11-13-15-22-18(23)16-21/h17H,1-16,21H2,(H,22,23). The van der Waals surface area contributed by atoms with Crippen LogP contribution in [-0.4, -0.2) is 23.8 Å². The lowest BCUT2D eigenvalue weighted by atomic mass is 10.0. The van der Waals surface area contributed by atoms with Crippen molar-refractivity contribution >= 4 is 29.1 Å². The molecule has 0 saturated heterocycles. The molecule has 23 heavy (non-hydrogen) atoms. The van der Waals surface area contributed by atoms with Crippen molar-refractivity contribution < 1.29 is 4.79 Å². The minimum Gasteiger partial charge on any atom is -0.355 e. The molecule has 0 aromatic heterocycles. The highest BCUT2D eigenvalue weighted by molar-refractivity contribution is 6.44. The van der Waals surface area contributed by atoms with Gasteiger partial charge in [-0.3, -0.25) is 4.79 Å². The third kappa shape index (κ3) is 20.0. The van der Waals surface area contributed by atoms with E-state index in [1.54, 1.807) is 0 Å². The van der Waals surface area contributed by atoms with Gasteiger partial charge in [0.15, 0.2) is 0 Å². The van der Waals surface area contributed by atoms with Gasteiger partial charge in [-0.25, -0.2) is 0 Å². The number of halogens is 2. The number of amides is 1. The van der Waals surface area contributed by atoms with Crippen molar-refractivity contribution in [2.75, 3.05) is 13.1 Å². The Labute approximate surface area is 153 Å². The van der Waals surface area contributed by atoms with Gasteiger partial charge in [-0.1, -0.05) is 77.0 Å². The number of carbonyl (C=O) groups is 1. The normalized spacial score (nSPS) is 11.1. The van der Waals surface area contributed by atoms with Crippen LogP contribution < -0.4 is 11.1 Å². The van der Waals surface area contributed by atoms with Gasteiger partial charge >= 0.3 is 0 Å². The van der Waals surface area contributed by atoms with Crippen molar-refractivity contribution in [3.05, 3.63) is 0 Å². The van der Waals surface area contributed by atoms with E-state index >= 15 is 0 Å². The Morgan fingerprint density at radius 3 is 1.52 bits per heavy atom. The zero-order valence-corrected chi connectivity index (χ0v) is 16.1. The van der Waals surface area contributed by atoms with Crippen LogP contribution in [0.5, 0.6) is 0 Å². The lowest BCUT2D eigenvalue weighted by Crippen LogP contribution is -2.30. The maximum absolute atomic E-state index is 10.9. The van der Waals surface area contributed by atoms with Crippen molar-refractivity contribution in [2.45, 2.75) is 94.7 Å². The summed E-state index contributed by atoms with van der Waals surface area (Å²) in [5, 5.41) is 2.80. The molecule has 0 radical (unpaired) electrons. The Kier molecular flexibility index (Phi) is 18.4. The molecule has 0 aliphatic carbocycles. The van der Waals surface area contributed by atoms with Crippen LogP contribution in [0.3, 0.4) is 0 Å². The fourth-order valence-electron chi connectivity index (χ4n) is 2.67. The van der Waals surface area contributed by atoms with Crippen LogP contribution in [0, 0.1) is 0 Å². The van der Waals surface area contributed by atoms with E-state index in [4.69, 9.17) is 28.9 Å². The molecule has 3 nitrogen and oxygen atoms in total. The molecule has 0 rings (SSSR count). The molecule has 0 heterocycles. The summed E-state index contributed by atoms with van der Waals surface area (Å²) in [7, 11) is 0. The Morgan fingerprint density at radius 2 is 1.13 bits per heavy atom. The molecule has 0 aliphatic heterocycles. The molecule has 0 aromatic carbocycles. The molecule has 138 valence electrons. The summed E-state index contributed by atoms with van der Waals surface area (Å²) < 4.78 is 0. The van der Waals surface area contributed by atoms with Gasteiger partial charge in [-0.2, -0.15) is 0 Å². The van der Waals surface area contributed by atoms with E-state index in [0.29, 0.717) is 0 Å². The van der Waals surface area contributed by atoms with Gasteiger partial charge in [0, 0.05) is 6.54 Å². The van der Waals surface area contributed by atoms with Gasteiger partial charge in [0.25, 0.3) is 0 Å². The highest BCUT2D eigenvalue weighted by atomic mass is 35.5. The molecule has 0 aliphatic rings. The Hall–Kier alpha value is 0.01000. The smallest absolute Gasteiger partial charge is 0.233 e. The van der Waals surface area contributed by atoms with Gasteiger partial charge in [0.2, 0.25) is 5.91 Å². The van der Waals surface area contributed by atoms with E-state index in [2.05, 4.69) is 5.32 Å². The third-order valence-electron chi connectivity index (χ3n) is 4.11. The van der Waals surface area contributed by atoms with Crippen LogP contribution >= 0.6 is 23.2 Å². The van der Waals surface area contributed by atoms with E-state index in [0.717, 1.165) is 25.8 Å². The molecular formula is C18H36Cl2N2O. The highest BCUT2D eigenvalue weighted by Gasteiger charge is 1.98. The molecule has 0 bridgehead atoms. The third-order valence-corrected chi connectivity index (χ3v) is 4.54. The number of alkyl halides is 2. The molecule has 0 saturated carbocycles. The molecule has 0 spiro atoms. The fourth-order valence-corrected chi connectivity index (χ4v) is 2.98. The van der Waals surface area contributed by atoms with E-state index < -0.39 is 0 Å². The second kappa shape index (κ2) is 18.4. The average Bonchev–Trinajstić information content (AvgIpc) is 2.53. The summed E-state index contributed by atoms with van der Waals surface area (Å²) >= 11 is 11.4. The lowest BCUT2D eigenvalue weighted by molar-refractivity contribution is -0.119. The number of nitrogens with two attached hydrogens (primary N) is 1. The van der Waals surface area contributed by atoms with Gasteiger partial charge in [-0.15, -0.1) is 23.2 Å². The SMILES string of the molecule is NCC(=O)NCCCCCCCCCCCCCCCC(Cl)Cl. The van der Waals surface area contributed by atoms with Crippen LogP contribution in [0.4, 0.5) is 0 Å². The number of hydrogen-bond acceptors (Lipinski definition) is 2. The summed E-state index contributed by atoms with van der Waals surface area (Å²) in [6.45, 7) is 0.869. The number of hydrogen-bond donors (Lipinski definition) is 2. The number of carbonyl (C=O) groups excluding carboxylic acids is 1. The van der Waals surface area contributed by atoms with Gasteiger partial charge in [-0.05, 0) is 12.8 Å². The Balaban J connectivity index is 3.01. The summed E-state index contributed by atoms with van der Waals surface area (Å²) in [6, 6.07) is 0. The minimum atomic E-state index is -0.181. The van der Waals surface area contributed by atoms with Gasteiger partial charge < -0.3 is 11.1 Å². The first-order valence-corrected chi connectivity index (χ1v) is 10.3. The first kappa shape index (κ1) is 23.0. The summed E-state index contributed by atoms with van der Waals surface area (Å²) in [5.41, 5.74) is 5.22. The summed E-state index contributed by atoms with van der Waals surface area (Å²) in [6.07, 6.45) is 17.7. The van der Waals surface area contributed by atoms with E-state index in [1.165, 1.54) is 70.6 Å². The topological polar surface area (TPSA) is 55.1 Å². The number of unbranched alkanes of at least 4 members (excludes halogenated alkanes) is 12. The second-order valence-electron chi connectivity index (χ2n) is 6.33. The Morgan fingerprint density at radius 1 is 0.739 bits per heavy atom. The average molecular weight is 367 g/mol. The monoisotopic (exact) mass is 366 g/mol. The quantitative estimate of drug-likeness (QED) is 0.270. The van der Waals surface area contributed by atoms with Crippen molar-refractivity contribution in [1.29, 1.82) is 0 Å². The summed E-state index contributed by atoms with van der Waals surface area (Å²) in [5.74, 6) is -0.0488. The predicted octanol–water partition coefficient (Wildman–Crippen LogP) is 5.33. The van der Waals surface area contributed by atoms with Gasteiger partial charge in [0.05, 0.1) is 6.54 Å². The van der Waals surface area contributed by atoms with E-state index in [9.17, 15) is 4.79 Å². The zero-order chi connectivity index (χ0) is 17.2. The van der Waals surface area contributed by atoms with Crippen LogP contribution in [0.25, 0.3) is 0 Å². The molecule has 0 fully saturated rings. The van der Waals surface area contributed by atoms with Crippen LogP contribution in [0.2, 0.25) is 0 Å². The van der Waals surface area contributed by atoms with E-state index in [1.807, 2.05) is 0 Å². The molecule has 0 unspecified atom stereocenters. The molecule has 0 atom stereocenters. The highest BCUT2D eigenvalue weighted by Crippen LogP contribution is 2.15. The van der Waals surface area contributed by atoms with Crippen molar-refractivity contribution in [2.24, 2.45) is 5.73 Å². The molecule has 3 N–H and O–H groups in total. The first-order chi connectivity index (χ1) is 11.2. The largest absolute Gasteiger partial charge is 0.355 e. The molecule has 1 amide bonds. The van der Waals surface area contributed by atoms with Crippen molar-refractivity contribution in [3.8, 4) is 0 Å². The van der Waals surface area contributed by atoms with Crippen LogP contribution in [0.1, 0.15) is 89.9 Å². The van der Waals surface area contributed by atoms with Crippen molar-refractivity contribution in [1.82, 2.24) is 5.32 Å². The fraction of sp³-hybridized carbons (Fsp3) is 0.944. The van der Waals surface area contributed by atoms with Crippen LogP contribution in [0.15, 0.2) is 0 Å². The maximum atomic E-state index is 10.9. The van der Waals surface area contributed by atoms with Gasteiger partial charge in [0.1, 0.15) is 4.84 Å². The molecule has 0 aromatic rings. The summed E-state index contributed by atoms with van der Waals surface area (Å²) in [4.78, 5) is 10.7. The van der Waals surface area contributed by atoms with Crippen molar-refractivity contribution in [3.63, 3.8) is 0 Å². The number of rotatable bonds is 17. The Bertz CT molecular complexity index is 263. The number of nitrogens with one attached hydrogen (secondary N) is 1.